The van der Waals surface area contributed by atoms with Gasteiger partial charge in [0.15, 0.2) is 5.96 Å². The molecule has 1 fully saturated rings. The molecule has 0 aromatic carbocycles. The van der Waals surface area contributed by atoms with Crippen molar-refractivity contribution in [3.05, 3.63) is 0 Å². The van der Waals surface area contributed by atoms with Crippen molar-refractivity contribution in [1.82, 2.24) is 20.9 Å². The number of amides is 1. The molecule has 1 atom stereocenters. The summed E-state index contributed by atoms with van der Waals surface area (Å²) in [5.41, 5.74) is -0.470. The molecule has 0 saturated carbocycles. The number of hydrogen-bond acceptors (Lipinski definition) is 5. The zero-order chi connectivity index (χ0) is 18.7. The smallest absolute Gasteiger partial charge is 0.407 e. The number of rotatable bonds is 7. The van der Waals surface area contributed by atoms with Crippen LogP contribution in [0.15, 0.2) is 4.99 Å². The van der Waals surface area contributed by atoms with Gasteiger partial charge in [-0.15, -0.1) is 0 Å². The van der Waals surface area contributed by atoms with Gasteiger partial charge in [-0.05, 0) is 41.2 Å². The van der Waals surface area contributed by atoms with Gasteiger partial charge in [0, 0.05) is 32.7 Å². The summed E-state index contributed by atoms with van der Waals surface area (Å²) in [5, 5.41) is 9.24. The highest BCUT2D eigenvalue weighted by molar-refractivity contribution is 5.79. The lowest BCUT2D eigenvalue weighted by atomic mass is 10.2. The third-order valence-electron chi connectivity index (χ3n) is 3.45. The summed E-state index contributed by atoms with van der Waals surface area (Å²) in [4.78, 5) is 18.4. The molecule has 1 rings (SSSR count). The van der Waals surface area contributed by atoms with Crippen LogP contribution in [-0.2, 0) is 9.47 Å². The van der Waals surface area contributed by atoms with Gasteiger partial charge < -0.3 is 30.3 Å². The van der Waals surface area contributed by atoms with Crippen LogP contribution in [0, 0.1) is 0 Å². The van der Waals surface area contributed by atoms with E-state index in [4.69, 9.17) is 9.47 Å². The van der Waals surface area contributed by atoms with Crippen LogP contribution in [0.25, 0.3) is 0 Å². The SMILES string of the molecule is CCNC(=NCC1CN(C)CCO1)NCCCNC(=O)OC(C)(C)C. The molecule has 1 aliphatic rings. The second kappa shape index (κ2) is 11.1. The Bertz CT molecular complexity index is 423. The van der Waals surface area contributed by atoms with Crippen LogP contribution in [0.1, 0.15) is 34.1 Å². The summed E-state index contributed by atoms with van der Waals surface area (Å²) >= 11 is 0. The monoisotopic (exact) mass is 357 g/mol. The first-order valence-corrected chi connectivity index (χ1v) is 9.09. The van der Waals surface area contributed by atoms with Crippen molar-refractivity contribution in [2.75, 3.05) is 52.9 Å². The molecule has 25 heavy (non-hydrogen) atoms. The Labute approximate surface area is 151 Å². The van der Waals surface area contributed by atoms with Crippen LogP contribution < -0.4 is 16.0 Å². The van der Waals surface area contributed by atoms with Crippen molar-refractivity contribution in [2.45, 2.75) is 45.8 Å². The summed E-state index contributed by atoms with van der Waals surface area (Å²) in [6, 6.07) is 0. The van der Waals surface area contributed by atoms with Gasteiger partial charge in [-0.25, -0.2) is 4.79 Å². The lowest BCUT2D eigenvalue weighted by Gasteiger charge is -2.29. The average Bonchev–Trinajstić information content (AvgIpc) is 2.50. The Morgan fingerprint density at radius 1 is 1.28 bits per heavy atom. The third kappa shape index (κ3) is 10.8. The lowest BCUT2D eigenvalue weighted by molar-refractivity contribution is -0.0136. The first-order valence-electron chi connectivity index (χ1n) is 9.09. The fourth-order valence-corrected chi connectivity index (χ4v) is 2.31. The van der Waals surface area contributed by atoms with E-state index in [2.05, 4.69) is 32.9 Å². The number of carbonyl (C=O) groups is 1. The number of morpholine rings is 1. The average molecular weight is 357 g/mol. The van der Waals surface area contributed by atoms with E-state index < -0.39 is 5.60 Å². The Balaban J connectivity index is 2.23. The van der Waals surface area contributed by atoms with Crippen molar-refractivity contribution in [3.8, 4) is 0 Å². The zero-order valence-electron chi connectivity index (χ0n) is 16.4. The Morgan fingerprint density at radius 3 is 2.64 bits per heavy atom. The molecule has 1 heterocycles. The molecule has 1 unspecified atom stereocenters. The van der Waals surface area contributed by atoms with Crippen molar-refractivity contribution in [2.24, 2.45) is 4.99 Å². The molecule has 8 nitrogen and oxygen atoms in total. The van der Waals surface area contributed by atoms with Crippen LogP contribution in [0.4, 0.5) is 4.79 Å². The molecule has 146 valence electrons. The quantitative estimate of drug-likeness (QED) is 0.355. The van der Waals surface area contributed by atoms with Gasteiger partial charge in [-0.2, -0.15) is 0 Å². The van der Waals surface area contributed by atoms with E-state index in [0.29, 0.717) is 19.6 Å². The molecule has 0 aromatic rings. The van der Waals surface area contributed by atoms with Crippen LogP contribution in [0.3, 0.4) is 0 Å². The number of alkyl carbamates (subject to hydrolysis) is 1. The third-order valence-corrected chi connectivity index (χ3v) is 3.45. The Morgan fingerprint density at radius 2 is 2.00 bits per heavy atom. The first kappa shape index (κ1) is 21.5. The number of carbonyl (C=O) groups excluding carboxylic acids is 1. The van der Waals surface area contributed by atoms with Crippen molar-refractivity contribution >= 4 is 12.1 Å². The van der Waals surface area contributed by atoms with E-state index in [-0.39, 0.29) is 12.2 Å². The number of ether oxygens (including phenoxy) is 2. The minimum atomic E-state index is -0.470. The summed E-state index contributed by atoms with van der Waals surface area (Å²) in [6.45, 7) is 12.9. The van der Waals surface area contributed by atoms with Gasteiger partial charge >= 0.3 is 6.09 Å². The van der Waals surface area contributed by atoms with E-state index in [9.17, 15) is 4.79 Å². The van der Waals surface area contributed by atoms with Crippen molar-refractivity contribution in [3.63, 3.8) is 0 Å². The summed E-state index contributed by atoms with van der Waals surface area (Å²) in [5.74, 6) is 0.775. The van der Waals surface area contributed by atoms with Crippen molar-refractivity contribution in [1.29, 1.82) is 0 Å². The molecule has 0 aromatic heterocycles. The van der Waals surface area contributed by atoms with E-state index in [1.807, 2.05) is 27.7 Å². The second-order valence-electron chi connectivity index (χ2n) is 7.18. The fourth-order valence-electron chi connectivity index (χ4n) is 2.31. The van der Waals surface area contributed by atoms with Gasteiger partial charge in [0.1, 0.15) is 5.60 Å². The molecule has 1 saturated heterocycles. The van der Waals surface area contributed by atoms with E-state index in [0.717, 1.165) is 38.6 Å². The second-order valence-corrected chi connectivity index (χ2v) is 7.18. The molecule has 1 aliphatic heterocycles. The number of guanidine groups is 1. The highest BCUT2D eigenvalue weighted by Crippen LogP contribution is 2.06. The van der Waals surface area contributed by atoms with Gasteiger partial charge in [-0.1, -0.05) is 0 Å². The molecule has 0 bridgehead atoms. The van der Waals surface area contributed by atoms with Gasteiger partial charge in [0.2, 0.25) is 0 Å². The van der Waals surface area contributed by atoms with Gasteiger partial charge in [-0.3, -0.25) is 4.99 Å². The molecular weight excluding hydrogens is 322 g/mol. The van der Waals surface area contributed by atoms with Gasteiger partial charge in [0.05, 0.1) is 19.3 Å². The normalized spacial score (nSPS) is 19.4. The summed E-state index contributed by atoms with van der Waals surface area (Å²) in [6.07, 6.45) is 0.543. The van der Waals surface area contributed by atoms with E-state index in [1.165, 1.54) is 0 Å². The standard InChI is InChI=1S/C17H35N5O3/c1-6-18-15(21-12-14-13-22(5)10-11-24-14)19-8-7-9-20-16(23)25-17(2,3)4/h14H,6-13H2,1-5H3,(H,20,23)(H2,18,19,21). The van der Waals surface area contributed by atoms with Gasteiger partial charge in [0.25, 0.3) is 0 Å². The van der Waals surface area contributed by atoms with Crippen LogP contribution >= 0.6 is 0 Å². The summed E-state index contributed by atoms with van der Waals surface area (Å²) < 4.78 is 10.9. The Kier molecular flexibility index (Phi) is 9.59. The number of hydrogen-bond donors (Lipinski definition) is 3. The topological polar surface area (TPSA) is 87.2 Å². The predicted molar refractivity (Wildman–Crippen MR) is 100 cm³/mol. The molecular formula is C17H35N5O3. The number of nitrogens with zero attached hydrogens (tertiary/aromatic N) is 2. The highest BCUT2D eigenvalue weighted by Gasteiger charge is 2.17. The Hall–Kier alpha value is -1.54. The molecule has 8 heteroatoms. The molecule has 1 amide bonds. The molecule has 0 aliphatic carbocycles. The zero-order valence-corrected chi connectivity index (χ0v) is 16.4. The fraction of sp³-hybridized carbons (Fsp3) is 0.882. The minimum absolute atomic E-state index is 0.142. The molecule has 0 radical (unpaired) electrons. The molecule has 3 N–H and O–H groups in total. The maximum atomic E-state index is 11.6. The van der Waals surface area contributed by atoms with Crippen LogP contribution in [-0.4, -0.2) is 81.6 Å². The van der Waals surface area contributed by atoms with E-state index in [1.54, 1.807) is 0 Å². The van der Waals surface area contributed by atoms with E-state index >= 15 is 0 Å². The number of likely N-dealkylation sites (N-methyl/N-ethyl adjacent to an activating group) is 1. The maximum Gasteiger partial charge on any atom is 0.407 e. The predicted octanol–water partition coefficient (Wildman–Crippen LogP) is 0.787. The van der Waals surface area contributed by atoms with Crippen LogP contribution in [0.2, 0.25) is 0 Å². The number of nitrogens with one attached hydrogen (secondary N) is 3. The summed E-state index contributed by atoms with van der Waals surface area (Å²) in [7, 11) is 2.10. The maximum absolute atomic E-state index is 11.6. The first-order chi connectivity index (χ1) is 11.8. The lowest BCUT2D eigenvalue weighted by Crippen LogP contribution is -2.43. The highest BCUT2D eigenvalue weighted by atomic mass is 16.6. The molecule has 0 spiro atoms. The largest absolute Gasteiger partial charge is 0.444 e. The number of aliphatic imine (C=N–C) groups is 1. The van der Waals surface area contributed by atoms with Crippen molar-refractivity contribution < 1.29 is 14.3 Å². The minimum Gasteiger partial charge on any atom is -0.444 e. The van der Waals surface area contributed by atoms with Crippen LogP contribution in [0.5, 0.6) is 0 Å².